The molecule has 0 aromatic carbocycles. The van der Waals surface area contributed by atoms with Crippen LogP contribution in [0.25, 0.3) is 0 Å². The Balaban J connectivity index is 2.17. The van der Waals surface area contributed by atoms with Crippen LogP contribution in [0, 0.1) is 11.8 Å². The summed E-state index contributed by atoms with van der Waals surface area (Å²) in [5.74, 6) is 1.78. The summed E-state index contributed by atoms with van der Waals surface area (Å²) in [6.07, 6.45) is 5.29. The van der Waals surface area contributed by atoms with Gasteiger partial charge in [0.15, 0.2) is 0 Å². The van der Waals surface area contributed by atoms with Crippen LogP contribution in [0.3, 0.4) is 0 Å². The third kappa shape index (κ3) is 5.71. The molecule has 1 rings (SSSR count). The standard InChI is InChI=1S/C13H25N3O/c1-10(2)9-16-12(17)7-8-15-13(14)11-5-3-4-6-11/h10-11H,3-9H2,1-2H3,(H2,14,15)(H,16,17). The van der Waals surface area contributed by atoms with Gasteiger partial charge in [0.2, 0.25) is 5.91 Å². The fourth-order valence-corrected chi connectivity index (χ4v) is 2.04. The maximum atomic E-state index is 11.4. The van der Waals surface area contributed by atoms with Crippen molar-refractivity contribution in [2.24, 2.45) is 22.6 Å². The average Bonchev–Trinajstić information content (AvgIpc) is 2.79. The second-order valence-corrected chi connectivity index (χ2v) is 5.24. The van der Waals surface area contributed by atoms with Crippen molar-refractivity contribution < 1.29 is 4.79 Å². The summed E-state index contributed by atoms with van der Waals surface area (Å²) in [4.78, 5) is 15.7. The maximum Gasteiger partial charge on any atom is 0.221 e. The van der Waals surface area contributed by atoms with Crippen LogP contribution in [-0.2, 0) is 4.79 Å². The largest absolute Gasteiger partial charge is 0.387 e. The second-order valence-electron chi connectivity index (χ2n) is 5.24. The minimum absolute atomic E-state index is 0.0710. The van der Waals surface area contributed by atoms with Crippen LogP contribution in [0.2, 0.25) is 0 Å². The molecule has 98 valence electrons. The normalized spacial score (nSPS) is 17.7. The van der Waals surface area contributed by atoms with Crippen LogP contribution in [-0.4, -0.2) is 24.8 Å². The summed E-state index contributed by atoms with van der Waals surface area (Å²) in [6, 6.07) is 0. The number of aliphatic imine (C=N–C) groups is 1. The van der Waals surface area contributed by atoms with Gasteiger partial charge in [0, 0.05) is 25.4 Å². The summed E-state index contributed by atoms with van der Waals surface area (Å²) >= 11 is 0. The minimum Gasteiger partial charge on any atom is -0.387 e. The molecule has 0 atom stereocenters. The van der Waals surface area contributed by atoms with Crippen molar-refractivity contribution in [3.05, 3.63) is 0 Å². The molecule has 0 bridgehead atoms. The number of hydrogen-bond acceptors (Lipinski definition) is 2. The van der Waals surface area contributed by atoms with Gasteiger partial charge < -0.3 is 11.1 Å². The van der Waals surface area contributed by atoms with Gasteiger partial charge in [-0.2, -0.15) is 0 Å². The van der Waals surface area contributed by atoms with Crippen LogP contribution >= 0.6 is 0 Å². The minimum atomic E-state index is 0.0710. The smallest absolute Gasteiger partial charge is 0.221 e. The SMILES string of the molecule is CC(C)CNC(=O)CCN=C(N)C1CCCC1. The zero-order valence-electron chi connectivity index (χ0n) is 11.0. The highest BCUT2D eigenvalue weighted by Gasteiger charge is 2.18. The van der Waals surface area contributed by atoms with Gasteiger partial charge in [0.1, 0.15) is 0 Å². The summed E-state index contributed by atoms with van der Waals surface area (Å²) in [7, 11) is 0. The van der Waals surface area contributed by atoms with Crippen molar-refractivity contribution in [2.75, 3.05) is 13.1 Å². The van der Waals surface area contributed by atoms with E-state index in [0.717, 1.165) is 25.2 Å². The topological polar surface area (TPSA) is 67.5 Å². The van der Waals surface area contributed by atoms with Gasteiger partial charge in [-0.05, 0) is 18.8 Å². The van der Waals surface area contributed by atoms with Crippen molar-refractivity contribution in [1.82, 2.24) is 5.32 Å². The van der Waals surface area contributed by atoms with Gasteiger partial charge in [-0.3, -0.25) is 9.79 Å². The first kappa shape index (κ1) is 14.0. The third-order valence-corrected chi connectivity index (χ3v) is 3.11. The first-order valence-corrected chi connectivity index (χ1v) is 6.66. The molecule has 3 N–H and O–H groups in total. The van der Waals surface area contributed by atoms with E-state index in [1.54, 1.807) is 0 Å². The van der Waals surface area contributed by atoms with Gasteiger partial charge in [0.25, 0.3) is 0 Å². The van der Waals surface area contributed by atoms with Crippen molar-refractivity contribution in [3.63, 3.8) is 0 Å². The molecule has 0 aromatic rings. The number of carbonyl (C=O) groups excluding carboxylic acids is 1. The summed E-state index contributed by atoms with van der Waals surface area (Å²) in [5, 5.41) is 2.88. The number of amidine groups is 1. The molecule has 0 heterocycles. The molecule has 1 amide bonds. The van der Waals surface area contributed by atoms with Crippen LogP contribution in [0.1, 0.15) is 46.0 Å². The maximum absolute atomic E-state index is 11.4. The fraction of sp³-hybridized carbons (Fsp3) is 0.846. The van der Waals surface area contributed by atoms with E-state index >= 15 is 0 Å². The first-order chi connectivity index (χ1) is 8.09. The second kappa shape index (κ2) is 7.30. The zero-order valence-corrected chi connectivity index (χ0v) is 11.0. The lowest BCUT2D eigenvalue weighted by molar-refractivity contribution is -0.121. The number of nitrogens with one attached hydrogen (secondary N) is 1. The lowest BCUT2D eigenvalue weighted by Crippen LogP contribution is -2.28. The molecule has 1 aliphatic rings. The molecular formula is C13H25N3O. The Hall–Kier alpha value is -1.06. The van der Waals surface area contributed by atoms with E-state index in [1.807, 2.05) is 0 Å². The molecule has 0 unspecified atom stereocenters. The average molecular weight is 239 g/mol. The Kier molecular flexibility index (Phi) is 6.01. The number of carbonyl (C=O) groups is 1. The number of hydrogen-bond donors (Lipinski definition) is 2. The highest BCUT2D eigenvalue weighted by atomic mass is 16.1. The van der Waals surface area contributed by atoms with Crippen LogP contribution in [0.5, 0.6) is 0 Å². The van der Waals surface area contributed by atoms with E-state index in [4.69, 9.17) is 5.73 Å². The Labute approximate surface area is 104 Å². The van der Waals surface area contributed by atoms with Gasteiger partial charge in [-0.25, -0.2) is 0 Å². The molecule has 4 heteroatoms. The van der Waals surface area contributed by atoms with Crippen molar-refractivity contribution in [2.45, 2.75) is 46.0 Å². The molecule has 4 nitrogen and oxygen atoms in total. The van der Waals surface area contributed by atoms with E-state index in [2.05, 4.69) is 24.2 Å². The number of rotatable bonds is 6. The molecule has 0 saturated heterocycles. The molecule has 0 radical (unpaired) electrons. The Morgan fingerprint density at radius 3 is 2.65 bits per heavy atom. The molecule has 17 heavy (non-hydrogen) atoms. The molecule has 1 fully saturated rings. The Bertz CT molecular complexity index is 268. The Morgan fingerprint density at radius 1 is 1.41 bits per heavy atom. The first-order valence-electron chi connectivity index (χ1n) is 6.66. The highest BCUT2D eigenvalue weighted by molar-refractivity contribution is 5.83. The number of amides is 1. The monoisotopic (exact) mass is 239 g/mol. The lowest BCUT2D eigenvalue weighted by atomic mass is 10.1. The van der Waals surface area contributed by atoms with Gasteiger partial charge in [-0.15, -0.1) is 0 Å². The molecule has 0 spiro atoms. The molecule has 1 aliphatic carbocycles. The predicted octanol–water partition coefficient (Wildman–Crippen LogP) is 1.70. The number of nitrogens with zero attached hydrogens (tertiary/aromatic N) is 1. The van der Waals surface area contributed by atoms with E-state index < -0.39 is 0 Å². The molecule has 0 aliphatic heterocycles. The van der Waals surface area contributed by atoms with E-state index in [9.17, 15) is 4.79 Å². The lowest BCUT2D eigenvalue weighted by Gasteiger charge is -2.09. The van der Waals surface area contributed by atoms with Crippen molar-refractivity contribution in [3.8, 4) is 0 Å². The van der Waals surface area contributed by atoms with Gasteiger partial charge >= 0.3 is 0 Å². The number of nitrogens with two attached hydrogens (primary N) is 1. The van der Waals surface area contributed by atoms with Gasteiger partial charge in [-0.1, -0.05) is 26.7 Å². The van der Waals surface area contributed by atoms with Crippen LogP contribution < -0.4 is 11.1 Å². The summed E-state index contributed by atoms with van der Waals surface area (Å²) < 4.78 is 0. The van der Waals surface area contributed by atoms with E-state index in [0.29, 0.717) is 24.8 Å². The molecular weight excluding hydrogens is 214 g/mol. The van der Waals surface area contributed by atoms with E-state index in [-0.39, 0.29) is 5.91 Å². The fourth-order valence-electron chi connectivity index (χ4n) is 2.04. The summed E-state index contributed by atoms with van der Waals surface area (Å²) in [6.45, 7) is 5.42. The quantitative estimate of drug-likeness (QED) is 0.547. The predicted molar refractivity (Wildman–Crippen MR) is 70.9 cm³/mol. The highest BCUT2D eigenvalue weighted by Crippen LogP contribution is 2.24. The van der Waals surface area contributed by atoms with Crippen molar-refractivity contribution in [1.29, 1.82) is 0 Å². The van der Waals surface area contributed by atoms with E-state index in [1.165, 1.54) is 12.8 Å². The van der Waals surface area contributed by atoms with Gasteiger partial charge in [0.05, 0.1) is 5.84 Å². The molecule has 0 aromatic heterocycles. The van der Waals surface area contributed by atoms with Crippen molar-refractivity contribution >= 4 is 11.7 Å². The zero-order chi connectivity index (χ0) is 12.7. The Morgan fingerprint density at radius 2 is 2.06 bits per heavy atom. The molecule has 1 saturated carbocycles. The third-order valence-electron chi connectivity index (χ3n) is 3.11. The summed E-state index contributed by atoms with van der Waals surface area (Å²) in [5.41, 5.74) is 5.91. The van der Waals surface area contributed by atoms with Crippen LogP contribution in [0.15, 0.2) is 4.99 Å². The van der Waals surface area contributed by atoms with Crippen LogP contribution in [0.4, 0.5) is 0 Å².